The number of unbranched alkanes of at least 4 members (excludes halogenated alkanes) is 9. The third kappa shape index (κ3) is 29.6. The SMILES string of the molecule is C=C1C=CC(=O)N1C1CCC(CC2CCC(N3C(=O)C=CC3=O)C(C)C2)CC1C.CC(CCCN1C(=O)C=CC1=O)CC1C(=O)C=CC1=O.CC(CN1C(=O)C=CC1=O)CC(C)(C)CCN1C(=O)C=CC1=O.O=C1C=CC(=O)N1CCCCCCCCCCCN1C(=O)C=CC1=O.O=C1C=CC(=O)N1CCCOCCCCOCCCN1C(=O)C=CC1=O. The Morgan fingerprint density at radius 1 is 0.333 bits per heavy atom. The lowest BCUT2D eigenvalue weighted by atomic mass is 9.70. The highest BCUT2D eigenvalue weighted by atomic mass is 16.5. The van der Waals surface area contributed by atoms with Crippen LogP contribution < -0.4 is 0 Å². The molecule has 12 aliphatic rings. The highest BCUT2D eigenvalue weighted by Crippen LogP contribution is 2.43. The van der Waals surface area contributed by atoms with Crippen LogP contribution >= 0.6 is 0 Å². The van der Waals surface area contributed by atoms with Gasteiger partial charge < -0.3 is 14.4 Å². The second kappa shape index (κ2) is 48.2. The highest BCUT2D eigenvalue weighted by molar-refractivity contribution is 6.19. The maximum atomic E-state index is 12.2. The number of amides is 17. The Morgan fingerprint density at radius 2 is 0.626 bits per heavy atom. The van der Waals surface area contributed by atoms with Crippen molar-refractivity contribution < 1.29 is 101 Å². The number of rotatable bonds is 42. The average Bonchev–Trinajstić information content (AvgIpc) is 1.77. The lowest BCUT2D eigenvalue weighted by Gasteiger charge is -2.42. The molecule has 0 aromatic carbocycles. The summed E-state index contributed by atoms with van der Waals surface area (Å²) in [5.74, 6) is -1.86. The third-order valence-electron chi connectivity index (χ3n) is 24.1. The van der Waals surface area contributed by atoms with Gasteiger partial charge in [-0.2, -0.15) is 0 Å². The van der Waals surface area contributed by atoms with E-state index in [1.807, 2.05) is 24.8 Å². The number of imide groups is 8. The largest absolute Gasteiger partial charge is 0.381 e. The molecule has 30 heteroatoms. The summed E-state index contributed by atoms with van der Waals surface area (Å²) in [5, 5.41) is 0. The molecule has 30 nitrogen and oxygen atoms in total. The summed E-state index contributed by atoms with van der Waals surface area (Å²) in [6.07, 6.45) is 50.7. The zero-order valence-corrected chi connectivity index (χ0v) is 72.0. The number of hydrogen-bond acceptors (Lipinski definition) is 21. The second-order valence-electron chi connectivity index (χ2n) is 34.4. The van der Waals surface area contributed by atoms with Crippen LogP contribution in [0.15, 0.2) is 134 Å². The van der Waals surface area contributed by atoms with E-state index in [4.69, 9.17) is 9.47 Å². The van der Waals surface area contributed by atoms with Crippen molar-refractivity contribution in [3.63, 3.8) is 0 Å². The minimum atomic E-state index is -0.526. The molecule has 0 radical (unpaired) electrons. The van der Waals surface area contributed by atoms with Crippen LogP contribution in [0.2, 0.25) is 0 Å². The molecule has 123 heavy (non-hydrogen) atoms. The fourth-order valence-corrected chi connectivity index (χ4v) is 17.5. The number of allylic oxidation sites excluding steroid dienone is 3. The maximum Gasteiger partial charge on any atom is 0.253 e. The van der Waals surface area contributed by atoms with Gasteiger partial charge in [0.15, 0.2) is 11.6 Å². The first-order valence-corrected chi connectivity index (χ1v) is 43.6. The van der Waals surface area contributed by atoms with E-state index in [1.54, 1.807) is 6.08 Å². The van der Waals surface area contributed by atoms with Gasteiger partial charge in [-0.25, -0.2) is 0 Å². The molecule has 0 bridgehead atoms. The topological polar surface area (TPSA) is 372 Å². The Bertz CT molecular complexity index is 3980. The standard InChI is InChI=1S/C24H32N2O3.C19H26N2O4.C18H24N2O6.C17H22N2O4.C15H17NO4/c1-15-12-18(5-7-20(15)25-17(3)4-9-22(25)27)14-19-6-8-21(16(2)13-19)26-23(28)10-11-24(26)29;22-16-10-11-17(23)20(16)14-8-6-4-2-1-3-5-7-9-15-21-18(24)12-13-19(21)25;21-15-5-6-16(22)19(15)9-3-13-25-11-1-2-12-26-14-4-10-20-17(23)7-8-18(20)24;1-12(11-19-15(22)6-7-16(19)23)10-17(2,3)8-9-18-13(20)4-5-14(18)21;1-10(9-11-12(17)4-5-13(11)18)3-2-8-16-14(19)6-7-15(16)20/h4,9-11,15-16,18-21H,3,5-8,12-14H2,1-2H3;10-13H,1-9,14-15H2;5-8H,1-4,9-14H2;4-7,12H,8-11H2,1-3H3;4-7,10-11H,2-3,8-9H2,1H3. The van der Waals surface area contributed by atoms with Gasteiger partial charge in [0, 0.05) is 193 Å². The molecule has 2 fully saturated rings. The van der Waals surface area contributed by atoms with Crippen molar-refractivity contribution in [3.05, 3.63) is 134 Å². The van der Waals surface area contributed by atoms with E-state index < -0.39 is 5.92 Å². The number of ether oxygens (including phenoxy) is 2. The molecule has 9 aliphatic heterocycles. The van der Waals surface area contributed by atoms with E-state index in [-0.39, 0.29) is 141 Å². The number of ketones is 2. The molecule has 664 valence electrons. The molecule has 3 aliphatic carbocycles. The van der Waals surface area contributed by atoms with Crippen LogP contribution in [0, 0.1) is 46.8 Å². The lowest BCUT2D eigenvalue weighted by Crippen LogP contribution is -2.46. The van der Waals surface area contributed by atoms with Gasteiger partial charge in [0.2, 0.25) is 0 Å². The summed E-state index contributed by atoms with van der Waals surface area (Å²) in [6, 6.07) is 0.325. The minimum Gasteiger partial charge on any atom is -0.381 e. The molecule has 17 amide bonds. The average molecular weight is 1700 g/mol. The quantitative estimate of drug-likeness (QED) is 0.0312. The highest BCUT2D eigenvalue weighted by Gasteiger charge is 2.42. The van der Waals surface area contributed by atoms with Gasteiger partial charge >= 0.3 is 0 Å². The van der Waals surface area contributed by atoms with Gasteiger partial charge in [-0.3, -0.25) is 130 Å². The Labute approximate surface area is 720 Å². The smallest absolute Gasteiger partial charge is 0.253 e. The van der Waals surface area contributed by atoms with E-state index in [9.17, 15) is 91.1 Å². The molecule has 8 atom stereocenters. The van der Waals surface area contributed by atoms with E-state index >= 15 is 0 Å². The third-order valence-corrected chi connectivity index (χ3v) is 24.1. The van der Waals surface area contributed by atoms with Crippen molar-refractivity contribution in [1.82, 2.24) is 44.1 Å². The first-order chi connectivity index (χ1) is 58.7. The van der Waals surface area contributed by atoms with E-state index in [0.717, 1.165) is 121 Å². The fourth-order valence-electron chi connectivity index (χ4n) is 17.5. The summed E-state index contributed by atoms with van der Waals surface area (Å²) < 4.78 is 10.9. The second-order valence-corrected chi connectivity index (χ2v) is 34.4. The Morgan fingerprint density at radius 3 is 0.976 bits per heavy atom. The summed E-state index contributed by atoms with van der Waals surface area (Å²) >= 11 is 0. The van der Waals surface area contributed by atoms with Crippen LogP contribution in [-0.2, 0) is 101 Å². The predicted octanol–water partition coefficient (Wildman–Crippen LogP) is 8.92. The van der Waals surface area contributed by atoms with E-state index in [0.29, 0.717) is 128 Å². The van der Waals surface area contributed by atoms with Gasteiger partial charge in [-0.1, -0.05) is 93.1 Å². The van der Waals surface area contributed by atoms with Crippen LogP contribution in [0.5, 0.6) is 0 Å². The van der Waals surface area contributed by atoms with Crippen molar-refractivity contribution in [2.75, 3.05) is 72.2 Å². The number of carbonyl (C=O) groups is 19. The van der Waals surface area contributed by atoms with Crippen molar-refractivity contribution in [1.29, 1.82) is 0 Å². The van der Waals surface area contributed by atoms with Gasteiger partial charge in [0.25, 0.3) is 100 Å². The predicted molar refractivity (Wildman–Crippen MR) is 452 cm³/mol. The molecule has 8 unspecified atom stereocenters. The van der Waals surface area contributed by atoms with Crippen molar-refractivity contribution in [2.45, 2.75) is 214 Å². The van der Waals surface area contributed by atoms with Crippen molar-refractivity contribution in [2.24, 2.45) is 46.8 Å². The van der Waals surface area contributed by atoms with Gasteiger partial charge in [-0.05, 0) is 175 Å². The van der Waals surface area contributed by atoms with Gasteiger partial charge in [-0.15, -0.1) is 0 Å². The molecule has 0 spiro atoms. The molecular formula is C93H121N9O21. The van der Waals surface area contributed by atoms with Crippen molar-refractivity contribution in [3.8, 4) is 0 Å². The summed E-state index contributed by atoms with van der Waals surface area (Å²) in [4.78, 5) is 231. The van der Waals surface area contributed by atoms with Crippen LogP contribution in [0.25, 0.3) is 0 Å². The van der Waals surface area contributed by atoms with Gasteiger partial charge in [0.1, 0.15) is 0 Å². The summed E-state index contributed by atoms with van der Waals surface area (Å²) in [7, 11) is 0. The lowest BCUT2D eigenvalue weighted by molar-refractivity contribution is -0.143. The number of hydrogen-bond donors (Lipinski definition) is 0. The van der Waals surface area contributed by atoms with Gasteiger partial charge in [0.05, 0.1) is 5.92 Å². The molecule has 0 aromatic heterocycles. The minimum absolute atomic E-state index is 0.0515. The molecule has 0 aromatic rings. The summed E-state index contributed by atoms with van der Waals surface area (Å²) in [6.45, 7) is 21.8. The molecule has 0 saturated heterocycles. The van der Waals surface area contributed by atoms with Crippen LogP contribution in [-0.4, -0.2) is 240 Å². The van der Waals surface area contributed by atoms with E-state index in [2.05, 4.69) is 34.3 Å². The van der Waals surface area contributed by atoms with Crippen molar-refractivity contribution >= 4 is 112 Å². The molecule has 9 heterocycles. The number of carbonyl (C=O) groups excluding carboxylic acids is 19. The Kier molecular flexibility index (Phi) is 38.1. The first kappa shape index (κ1) is 97.4. The zero-order valence-electron chi connectivity index (χ0n) is 72.0. The van der Waals surface area contributed by atoms with Crippen LogP contribution in [0.3, 0.4) is 0 Å². The summed E-state index contributed by atoms with van der Waals surface area (Å²) in [5.41, 5.74) is 0.722. The van der Waals surface area contributed by atoms with E-state index in [1.165, 1.54) is 161 Å². The Hall–Kier alpha value is -11.0. The molecule has 2 saturated carbocycles. The zero-order chi connectivity index (χ0) is 89.5. The molecular weight excluding hydrogens is 1580 g/mol. The monoisotopic (exact) mass is 1700 g/mol. The number of nitrogens with zero attached hydrogens (tertiary/aromatic N) is 9. The first-order valence-electron chi connectivity index (χ1n) is 43.6. The molecule has 0 N–H and O–H groups in total. The van der Waals surface area contributed by atoms with Crippen LogP contribution in [0.1, 0.15) is 202 Å². The van der Waals surface area contributed by atoms with Crippen LogP contribution in [0.4, 0.5) is 0 Å². The Balaban J connectivity index is 0.000000192. The molecule has 12 rings (SSSR count). The normalized spacial score (nSPS) is 22.8. The maximum absolute atomic E-state index is 12.2. The fraction of sp³-hybridized carbons (Fsp3) is 0.559.